The summed E-state index contributed by atoms with van der Waals surface area (Å²) < 4.78 is 26.0. The first-order valence-corrected chi connectivity index (χ1v) is 6.39. The molecule has 18 heavy (non-hydrogen) atoms. The van der Waals surface area contributed by atoms with E-state index >= 15 is 0 Å². The van der Waals surface area contributed by atoms with Crippen molar-refractivity contribution in [2.45, 2.75) is 4.90 Å². The molecule has 0 aliphatic rings. The molecule has 0 aliphatic heterocycles. The van der Waals surface area contributed by atoms with Crippen molar-refractivity contribution in [1.82, 2.24) is 9.97 Å². The van der Waals surface area contributed by atoms with Gasteiger partial charge in [0.05, 0.1) is 4.90 Å². The van der Waals surface area contributed by atoms with E-state index < -0.39 is 15.9 Å². The van der Waals surface area contributed by atoms with Crippen LogP contribution in [0.15, 0.2) is 41.6 Å². The van der Waals surface area contributed by atoms with Crippen molar-refractivity contribution in [3.8, 4) is 0 Å². The minimum absolute atomic E-state index is 0.0175. The van der Waals surface area contributed by atoms with E-state index in [1.54, 1.807) is 0 Å². The van der Waals surface area contributed by atoms with Gasteiger partial charge in [-0.25, -0.2) is 18.1 Å². The summed E-state index contributed by atoms with van der Waals surface area (Å²) in [4.78, 5) is 17.2. The largest absolute Gasteiger partial charge is 0.366 e. The molecule has 1 aromatic heterocycles. The Balaban J connectivity index is 2.27. The van der Waals surface area contributed by atoms with Crippen molar-refractivity contribution >= 4 is 21.9 Å². The lowest BCUT2D eigenvalue weighted by molar-refractivity contribution is 0.1000. The van der Waals surface area contributed by atoms with Gasteiger partial charge in [0.1, 0.15) is 0 Å². The number of aromatic amines is 1. The number of nitrogens with one attached hydrogen (secondary N) is 2. The molecule has 7 nitrogen and oxygen atoms in total. The molecule has 2 aromatic rings. The zero-order chi connectivity index (χ0) is 13.2. The Kier molecular flexibility index (Phi) is 3.02. The van der Waals surface area contributed by atoms with Crippen molar-refractivity contribution in [3.63, 3.8) is 0 Å². The summed E-state index contributed by atoms with van der Waals surface area (Å²) in [7, 11) is -3.72. The number of hydrogen-bond acceptors (Lipinski definition) is 4. The number of H-pyrrole nitrogens is 1. The first-order valence-electron chi connectivity index (χ1n) is 4.91. The summed E-state index contributed by atoms with van der Waals surface area (Å²) in [6.45, 7) is 0. The van der Waals surface area contributed by atoms with Crippen LogP contribution in [0.3, 0.4) is 0 Å². The molecule has 0 fully saturated rings. The number of amides is 1. The first-order chi connectivity index (χ1) is 8.49. The smallest absolute Gasteiger partial charge is 0.264 e. The fourth-order valence-electron chi connectivity index (χ4n) is 1.31. The van der Waals surface area contributed by atoms with Gasteiger partial charge in [0.15, 0.2) is 0 Å². The van der Waals surface area contributed by atoms with Gasteiger partial charge in [-0.1, -0.05) is 0 Å². The summed E-state index contributed by atoms with van der Waals surface area (Å²) in [5.41, 5.74) is 5.31. The van der Waals surface area contributed by atoms with Crippen LogP contribution in [-0.2, 0) is 10.0 Å². The van der Waals surface area contributed by atoms with Crippen molar-refractivity contribution in [1.29, 1.82) is 0 Å². The third-order valence-electron chi connectivity index (χ3n) is 2.18. The highest BCUT2D eigenvalue weighted by atomic mass is 32.2. The van der Waals surface area contributed by atoms with Crippen molar-refractivity contribution < 1.29 is 13.2 Å². The van der Waals surface area contributed by atoms with E-state index in [2.05, 4.69) is 14.7 Å². The van der Waals surface area contributed by atoms with E-state index in [9.17, 15) is 13.2 Å². The Hall–Kier alpha value is -2.35. The molecule has 8 heteroatoms. The van der Waals surface area contributed by atoms with Crippen LogP contribution in [0, 0.1) is 0 Å². The average Bonchev–Trinajstić information content (AvgIpc) is 2.81. The predicted molar refractivity (Wildman–Crippen MR) is 64.4 cm³/mol. The maximum absolute atomic E-state index is 11.9. The predicted octanol–water partition coefficient (Wildman–Crippen LogP) is 0.309. The number of hydrogen-bond donors (Lipinski definition) is 3. The fourth-order valence-corrected chi connectivity index (χ4v) is 2.28. The van der Waals surface area contributed by atoms with Gasteiger partial charge in [0.2, 0.25) is 11.9 Å². The summed E-state index contributed by atoms with van der Waals surface area (Å²) in [6.07, 6.45) is 2.92. The normalized spacial score (nSPS) is 11.1. The second-order valence-corrected chi connectivity index (χ2v) is 5.11. The summed E-state index contributed by atoms with van der Waals surface area (Å²) in [5.74, 6) is -0.494. The number of rotatable bonds is 4. The van der Waals surface area contributed by atoms with Crippen LogP contribution in [0.4, 0.5) is 5.95 Å². The number of carbonyl (C=O) groups excluding carboxylic acids is 1. The molecule has 0 unspecified atom stereocenters. The van der Waals surface area contributed by atoms with Crippen LogP contribution in [0.2, 0.25) is 0 Å². The topological polar surface area (TPSA) is 118 Å². The zero-order valence-electron chi connectivity index (χ0n) is 9.12. The highest BCUT2D eigenvalue weighted by molar-refractivity contribution is 7.92. The molecule has 0 bridgehead atoms. The number of primary amides is 1. The molecule has 0 saturated heterocycles. The molecule has 94 valence electrons. The van der Waals surface area contributed by atoms with Gasteiger partial charge in [-0.15, -0.1) is 0 Å². The number of anilines is 1. The quantitative estimate of drug-likeness (QED) is 0.737. The maximum Gasteiger partial charge on any atom is 0.264 e. The minimum atomic E-state index is -3.72. The van der Waals surface area contributed by atoms with Gasteiger partial charge in [-0.2, -0.15) is 0 Å². The number of imidazole rings is 1. The minimum Gasteiger partial charge on any atom is -0.366 e. The first kappa shape index (κ1) is 12.1. The number of nitrogens with zero attached hydrogens (tertiary/aromatic N) is 1. The Bertz CT molecular complexity index is 647. The number of nitrogens with two attached hydrogens (primary N) is 1. The Morgan fingerprint density at radius 2 is 1.94 bits per heavy atom. The number of aromatic nitrogens is 2. The fraction of sp³-hybridized carbons (Fsp3) is 0. The van der Waals surface area contributed by atoms with E-state index in [1.807, 2.05) is 0 Å². The Labute approximate surface area is 103 Å². The third kappa shape index (κ3) is 2.48. The lowest BCUT2D eigenvalue weighted by Gasteiger charge is -2.05. The SMILES string of the molecule is NC(=O)c1ccc(S(=O)(=O)Nc2ncc[nH]2)cc1. The van der Waals surface area contributed by atoms with Crippen molar-refractivity contribution in [2.24, 2.45) is 5.73 Å². The van der Waals surface area contributed by atoms with Crippen LogP contribution >= 0.6 is 0 Å². The number of sulfonamides is 1. The standard InChI is InChI=1S/C10H10N4O3S/c11-9(15)7-1-3-8(4-2-7)18(16,17)14-10-12-5-6-13-10/h1-6H,(H2,11,15)(H2,12,13,14). The average molecular weight is 266 g/mol. The van der Waals surface area contributed by atoms with Crippen molar-refractivity contribution in [3.05, 3.63) is 42.2 Å². The Morgan fingerprint density at radius 1 is 1.28 bits per heavy atom. The van der Waals surface area contributed by atoms with Gasteiger partial charge in [0.25, 0.3) is 10.0 Å². The molecule has 1 heterocycles. The maximum atomic E-state index is 11.9. The van der Waals surface area contributed by atoms with Gasteiger partial charge < -0.3 is 10.7 Å². The van der Waals surface area contributed by atoms with Gasteiger partial charge in [0, 0.05) is 18.0 Å². The van der Waals surface area contributed by atoms with Gasteiger partial charge in [-0.05, 0) is 24.3 Å². The van der Waals surface area contributed by atoms with Crippen LogP contribution in [0.1, 0.15) is 10.4 Å². The molecule has 0 atom stereocenters. The highest BCUT2D eigenvalue weighted by Gasteiger charge is 2.15. The van der Waals surface area contributed by atoms with E-state index in [0.29, 0.717) is 0 Å². The van der Waals surface area contributed by atoms with E-state index in [4.69, 9.17) is 5.73 Å². The number of benzene rings is 1. The summed E-state index contributed by atoms with van der Waals surface area (Å²) in [5, 5.41) is 0. The lowest BCUT2D eigenvalue weighted by atomic mass is 10.2. The molecule has 4 N–H and O–H groups in total. The summed E-state index contributed by atoms with van der Waals surface area (Å²) >= 11 is 0. The summed E-state index contributed by atoms with van der Waals surface area (Å²) in [6, 6.07) is 5.29. The molecule has 0 saturated carbocycles. The monoisotopic (exact) mass is 266 g/mol. The lowest BCUT2D eigenvalue weighted by Crippen LogP contribution is -2.15. The molecule has 2 rings (SSSR count). The molecule has 1 aromatic carbocycles. The zero-order valence-corrected chi connectivity index (χ0v) is 9.94. The van der Waals surface area contributed by atoms with E-state index in [0.717, 1.165) is 0 Å². The van der Waals surface area contributed by atoms with E-state index in [1.165, 1.54) is 36.7 Å². The van der Waals surface area contributed by atoms with E-state index in [-0.39, 0.29) is 16.4 Å². The van der Waals surface area contributed by atoms with Gasteiger partial charge >= 0.3 is 0 Å². The van der Waals surface area contributed by atoms with Crippen LogP contribution in [0.5, 0.6) is 0 Å². The second-order valence-electron chi connectivity index (χ2n) is 3.43. The molecule has 0 aliphatic carbocycles. The molecule has 0 radical (unpaired) electrons. The van der Waals surface area contributed by atoms with Crippen LogP contribution in [0.25, 0.3) is 0 Å². The molecule has 1 amide bonds. The third-order valence-corrected chi connectivity index (χ3v) is 3.53. The molecular formula is C10H10N4O3S. The number of carbonyl (C=O) groups is 1. The molecular weight excluding hydrogens is 256 g/mol. The molecule has 0 spiro atoms. The van der Waals surface area contributed by atoms with Gasteiger partial charge in [-0.3, -0.25) is 4.79 Å². The highest BCUT2D eigenvalue weighted by Crippen LogP contribution is 2.13. The van der Waals surface area contributed by atoms with Crippen molar-refractivity contribution in [2.75, 3.05) is 4.72 Å². The van der Waals surface area contributed by atoms with Crippen LogP contribution in [-0.4, -0.2) is 24.3 Å². The Morgan fingerprint density at radius 3 is 2.44 bits per heavy atom. The second kappa shape index (κ2) is 4.49. The van der Waals surface area contributed by atoms with Crippen LogP contribution < -0.4 is 10.5 Å².